The third-order valence-electron chi connectivity index (χ3n) is 2.00. The molecule has 0 bridgehead atoms. The van der Waals surface area contributed by atoms with E-state index in [1.54, 1.807) is 29.1 Å². The molecule has 0 saturated heterocycles. The number of urea groups is 1. The van der Waals surface area contributed by atoms with Crippen LogP contribution in [0.25, 0.3) is 0 Å². The number of hydrogen-bond acceptors (Lipinski definition) is 5. The first-order chi connectivity index (χ1) is 8.66. The van der Waals surface area contributed by atoms with E-state index < -0.39 is 18.0 Å². The van der Waals surface area contributed by atoms with Gasteiger partial charge in [0.15, 0.2) is 11.2 Å². The molecule has 2 heterocycles. The Morgan fingerprint density at radius 3 is 2.72 bits per heavy atom. The van der Waals surface area contributed by atoms with E-state index in [1.807, 2.05) is 0 Å². The van der Waals surface area contributed by atoms with E-state index >= 15 is 0 Å². The predicted molar refractivity (Wildman–Crippen MR) is 69.0 cm³/mol. The van der Waals surface area contributed by atoms with Gasteiger partial charge in [0.1, 0.15) is 0 Å². The molecule has 0 fully saturated rings. The van der Waals surface area contributed by atoms with Crippen LogP contribution in [0.2, 0.25) is 0 Å². The van der Waals surface area contributed by atoms with Crippen LogP contribution in [0.5, 0.6) is 0 Å². The van der Waals surface area contributed by atoms with Crippen molar-refractivity contribution in [1.29, 1.82) is 0 Å². The summed E-state index contributed by atoms with van der Waals surface area (Å²) in [5, 5.41) is 17.8. The van der Waals surface area contributed by atoms with E-state index in [0.717, 1.165) is 0 Å². The van der Waals surface area contributed by atoms with Gasteiger partial charge in [0, 0.05) is 16.5 Å². The topological polar surface area (TPSA) is 91.3 Å². The van der Waals surface area contributed by atoms with Gasteiger partial charge >= 0.3 is 12.0 Å². The van der Waals surface area contributed by atoms with Gasteiger partial charge in [0.25, 0.3) is 0 Å². The summed E-state index contributed by atoms with van der Waals surface area (Å²) in [5.74, 6) is -1.10. The maximum absolute atomic E-state index is 11.6. The highest BCUT2D eigenvalue weighted by Crippen LogP contribution is 2.19. The summed E-state index contributed by atoms with van der Waals surface area (Å²) < 4.78 is 0. The Bertz CT molecular complexity index is 525. The van der Waals surface area contributed by atoms with Gasteiger partial charge in [-0.25, -0.2) is 14.6 Å². The lowest BCUT2D eigenvalue weighted by Crippen LogP contribution is -2.36. The molecule has 0 saturated carbocycles. The number of carboxylic acids is 1. The van der Waals surface area contributed by atoms with E-state index in [1.165, 1.54) is 22.7 Å². The Balaban J connectivity index is 2.01. The van der Waals surface area contributed by atoms with Crippen molar-refractivity contribution in [3.05, 3.63) is 34.0 Å². The van der Waals surface area contributed by atoms with Crippen LogP contribution in [0.4, 0.5) is 9.93 Å². The van der Waals surface area contributed by atoms with Crippen LogP contribution in [0.3, 0.4) is 0 Å². The van der Waals surface area contributed by atoms with Crippen LogP contribution in [0.1, 0.15) is 10.9 Å². The van der Waals surface area contributed by atoms with Crippen LogP contribution in [0, 0.1) is 0 Å². The average molecular weight is 283 g/mol. The van der Waals surface area contributed by atoms with Gasteiger partial charge in [0.05, 0.1) is 0 Å². The number of aliphatic carboxylic acids is 1. The first-order valence-electron chi connectivity index (χ1n) is 4.90. The molecule has 6 nitrogen and oxygen atoms in total. The predicted octanol–water partition coefficient (Wildman–Crippen LogP) is 2.15. The zero-order chi connectivity index (χ0) is 13.0. The molecule has 0 aromatic carbocycles. The van der Waals surface area contributed by atoms with Crippen molar-refractivity contribution in [3.8, 4) is 0 Å². The Hall–Kier alpha value is -1.93. The standard InChI is InChI=1S/C10H9N3O3S2/c14-8(15)7(6-2-1-4-17-6)12-9(16)13-10-11-3-5-18-10/h1-5,7H,(H,14,15)(H2,11,12,13,16). The Morgan fingerprint density at radius 2 is 2.17 bits per heavy atom. The number of rotatable bonds is 4. The first-order valence-corrected chi connectivity index (χ1v) is 6.66. The number of carbonyl (C=O) groups excluding carboxylic acids is 1. The number of nitrogens with one attached hydrogen (secondary N) is 2. The summed E-state index contributed by atoms with van der Waals surface area (Å²) in [6.07, 6.45) is 1.55. The molecule has 2 aromatic heterocycles. The monoisotopic (exact) mass is 283 g/mol. The highest BCUT2D eigenvalue weighted by atomic mass is 32.1. The van der Waals surface area contributed by atoms with Crippen molar-refractivity contribution in [1.82, 2.24) is 10.3 Å². The van der Waals surface area contributed by atoms with Crippen LogP contribution in [-0.2, 0) is 4.79 Å². The molecule has 0 spiro atoms. The molecular weight excluding hydrogens is 274 g/mol. The molecule has 3 N–H and O–H groups in total. The maximum Gasteiger partial charge on any atom is 0.331 e. The lowest BCUT2D eigenvalue weighted by molar-refractivity contribution is -0.139. The molecule has 18 heavy (non-hydrogen) atoms. The van der Waals surface area contributed by atoms with Crippen molar-refractivity contribution in [2.24, 2.45) is 0 Å². The molecule has 0 aliphatic carbocycles. The highest BCUT2D eigenvalue weighted by molar-refractivity contribution is 7.13. The lowest BCUT2D eigenvalue weighted by atomic mass is 10.2. The Kier molecular flexibility index (Phi) is 3.90. The fourth-order valence-corrected chi connectivity index (χ4v) is 2.55. The van der Waals surface area contributed by atoms with Crippen LogP contribution < -0.4 is 10.6 Å². The number of aromatic nitrogens is 1. The fourth-order valence-electron chi connectivity index (χ4n) is 1.26. The lowest BCUT2D eigenvalue weighted by Gasteiger charge is -2.12. The van der Waals surface area contributed by atoms with E-state index in [0.29, 0.717) is 10.0 Å². The van der Waals surface area contributed by atoms with Crippen LogP contribution in [-0.4, -0.2) is 22.1 Å². The minimum atomic E-state index is -1.10. The summed E-state index contributed by atoms with van der Waals surface area (Å²) in [7, 11) is 0. The van der Waals surface area contributed by atoms with Gasteiger partial charge < -0.3 is 10.4 Å². The highest BCUT2D eigenvalue weighted by Gasteiger charge is 2.23. The molecule has 0 aliphatic heterocycles. The molecule has 8 heteroatoms. The SMILES string of the molecule is O=C(Nc1nccs1)NC(C(=O)O)c1cccs1. The molecule has 2 rings (SSSR count). The number of thiazole rings is 1. The third kappa shape index (κ3) is 3.05. The zero-order valence-corrected chi connectivity index (χ0v) is 10.6. The molecule has 0 aliphatic rings. The number of amides is 2. The van der Waals surface area contributed by atoms with Crippen molar-refractivity contribution < 1.29 is 14.7 Å². The number of carboxylic acid groups (broad SMARTS) is 1. The van der Waals surface area contributed by atoms with Crippen molar-refractivity contribution in [2.75, 3.05) is 5.32 Å². The molecule has 2 amide bonds. The first kappa shape index (κ1) is 12.5. The van der Waals surface area contributed by atoms with Crippen LogP contribution >= 0.6 is 22.7 Å². The second-order valence-corrected chi connectivity index (χ2v) is 5.10. The van der Waals surface area contributed by atoms with Gasteiger partial charge in [-0.3, -0.25) is 5.32 Å². The van der Waals surface area contributed by atoms with Gasteiger partial charge in [0.2, 0.25) is 0 Å². The summed E-state index contributed by atoms with van der Waals surface area (Å²) in [6, 6.07) is 1.75. The number of thiophene rings is 1. The molecule has 1 unspecified atom stereocenters. The normalized spacial score (nSPS) is 11.8. The largest absolute Gasteiger partial charge is 0.479 e. The maximum atomic E-state index is 11.6. The van der Waals surface area contributed by atoms with Crippen molar-refractivity contribution in [2.45, 2.75) is 6.04 Å². The van der Waals surface area contributed by atoms with Gasteiger partial charge in [-0.1, -0.05) is 6.07 Å². The Morgan fingerprint density at radius 1 is 1.33 bits per heavy atom. The summed E-state index contributed by atoms with van der Waals surface area (Å²) >= 11 is 2.53. The Labute approximate surface area is 110 Å². The van der Waals surface area contributed by atoms with Crippen LogP contribution in [0.15, 0.2) is 29.1 Å². The minimum absolute atomic E-state index is 0.419. The third-order valence-corrected chi connectivity index (χ3v) is 3.63. The smallest absolute Gasteiger partial charge is 0.331 e. The fraction of sp³-hybridized carbons (Fsp3) is 0.100. The van der Waals surface area contributed by atoms with Crippen molar-refractivity contribution in [3.63, 3.8) is 0 Å². The van der Waals surface area contributed by atoms with Gasteiger partial charge in [-0.2, -0.15) is 0 Å². The number of carbonyl (C=O) groups is 2. The molecule has 0 radical (unpaired) electrons. The zero-order valence-electron chi connectivity index (χ0n) is 8.99. The minimum Gasteiger partial charge on any atom is -0.479 e. The molecule has 94 valence electrons. The van der Waals surface area contributed by atoms with Gasteiger partial charge in [-0.05, 0) is 11.4 Å². The second kappa shape index (κ2) is 5.61. The molecular formula is C10H9N3O3S2. The number of nitrogens with zero attached hydrogens (tertiary/aromatic N) is 1. The average Bonchev–Trinajstić information content (AvgIpc) is 2.97. The van der Waals surface area contributed by atoms with E-state index in [2.05, 4.69) is 15.6 Å². The second-order valence-electron chi connectivity index (χ2n) is 3.22. The van der Waals surface area contributed by atoms with E-state index in [4.69, 9.17) is 5.11 Å². The summed E-state index contributed by atoms with van der Waals surface area (Å²) in [5.41, 5.74) is 0. The molecule has 1 atom stereocenters. The summed E-state index contributed by atoms with van der Waals surface area (Å²) in [6.45, 7) is 0. The number of hydrogen-bond donors (Lipinski definition) is 3. The molecule has 2 aromatic rings. The van der Waals surface area contributed by atoms with E-state index in [-0.39, 0.29) is 0 Å². The van der Waals surface area contributed by atoms with E-state index in [9.17, 15) is 9.59 Å². The van der Waals surface area contributed by atoms with Gasteiger partial charge in [-0.15, -0.1) is 22.7 Å². The summed E-state index contributed by atoms with van der Waals surface area (Å²) in [4.78, 5) is 27.1. The number of anilines is 1. The van der Waals surface area contributed by atoms with Crippen molar-refractivity contribution >= 4 is 39.8 Å². The quantitative estimate of drug-likeness (QED) is 0.801.